The molecule has 1 atom stereocenters. The topological polar surface area (TPSA) is 92.8 Å². The van der Waals surface area contributed by atoms with E-state index in [0.29, 0.717) is 18.2 Å². The van der Waals surface area contributed by atoms with Gasteiger partial charge in [-0.2, -0.15) is 5.26 Å². The Hall–Kier alpha value is -3.66. The molecule has 0 aliphatic rings. The van der Waals surface area contributed by atoms with Crippen LogP contribution in [-0.4, -0.2) is 34.3 Å². The van der Waals surface area contributed by atoms with Crippen molar-refractivity contribution in [2.45, 2.75) is 18.8 Å². The molecule has 3 rings (SSSR count). The van der Waals surface area contributed by atoms with Crippen molar-refractivity contribution in [1.82, 2.24) is 20.1 Å². The molecule has 1 heterocycles. The molecule has 0 aliphatic heterocycles. The number of carbonyl (C=O) groups is 1. The van der Waals surface area contributed by atoms with Gasteiger partial charge in [-0.1, -0.05) is 42.5 Å². The molecule has 29 heavy (non-hydrogen) atoms. The number of amides is 1. The van der Waals surface area contributed by atoms with E-state index in [4.69, 9.17) is 4.74 Å². The van der Waals surface area contributed by atoms with E-state index < -0.39 is 5.92 Å². The van der Waals surface area contributed by atoms with Crippen molar-refractivity contribution < 1.29 is 9.53 Å². The number of aromatic nitrogens is 3. The molecule has 2 aromatic carbocycles. The zero-order chi connectivity index (χ0) is 20.6. The summed E-state index contributed by atoms with van der Waals surface area (Å²) in [5.41, 5.74) is 2.04. The summed E-state index contributed by atoms with van der Waals surface area (Å²) < 4.78 is 6.84. The van der Waals surface area contributed by atoms with Crippen LogP contribution in [0.4, 0.5) is 0 Å². The van der Waals surface area contributed by atoms with Gasteiger partial charge in [0.15, 0.2) is 17.6 Å². The highest BCUT2D eigenvalue weighted by atomic mass is 16.5. The summed E-state index contributed by atoms with van der Waals surface area (Å²) >= 11 is 0. The average Bonchev–Trinajstić information content (AvgIpc) is 3.14. The molecular weight excluding hydrogens is 366 g/mol. The Kier molecular flexibility index (Phi) is 6.59. The van der Waals surface area contributed by atoms with Gasteiger partial charge in [-0.3, -0.25) is 4.79 Å². The van der Waals surface area contributed by atoms with Crippen molar-refractivity contribution in [3.63, 3.8) is 0 Å². The lowest BCUT2D eigenvalue weighted by molar-refractivity contribution is -0.121. The standard InChI is InChI=1S/C22H23N5O2/c1-27-20(17-8-4-3-5-9-17)25-26-21(27)19(15-23)22(28)24-14-6-7-16-10-12-18(29-2)13-11-16/h3-5,8-13,19H,6-7,14H2,1-2H3,(H,24,28)/t19-/m0/s1. The second kappa shape index (κ2) is 9.51. The third kappa shape index (κ3) is 4.79. The Bertz CT molecular complexity index is 990. The smallest absolute Gasteiger partial charge is 0.245 e. The van der Waals surface area contributed by atoms with E-state index in [0.717, 1.165) is 29.7 Å². The summed E-state index contributed by atoms with van der Waals surface area (Å²) in [5.74, 6) is 0.396. The largest absolute Gasteiger partial charge is 0.497 e. The van der Waals surface area contributed by atoms with Crippen molar-refractivity contribution in [2.75, 3.05) is 13.7 Å². The van der Waals surface area contributed by atoms with Crippen LogP contribution in [0.25, 0.3) is 11.4 Å². The maximum Gasteiger partial charge on any atom is 0.245 e. The lowest BCUT2D eigenvalue weighted by Crippen LogP contribution is -2.31. The molecule has 3 aromatic rings. The Morgan fingerprint density at radius 3 is 2.55 bits per heavy atom. The number of hydrogen-bond donors (Lipinski definition) is 1. The molecule has 0 unspecified atom stereocenters. The van der Waals surface area contributed by atoms with E-state index in [-0.39, 0.29) is 5.91 Å². The van der Waals surface area contributed by atoms with Crippen LogP contribution in [0.1, 0.15) is 23.7 Å². The van der Waals surface area contributed by atoms with Gasteiger partial charge in [-0.15, -0.1) is 10.2 Å². The first kappa shape index (κ1) is 20.1. The molecule has 0 fully saturated rings. The number of ether oxygens (including phenoxy) is 1. The fourth-order valence-electron chi connectivity index (χ4n) is 3.06. The zero-order valence-electron chi connectivity index (χ0n) is 16.5. The second-order valence-electron chi connectivity index (χ2n) is 6.61. The van der Waals surface area contributed by atoms with Gasteiger partial charge < -0.3 is 14.6 Å². The SMILES string of the molecule is COc1ccc(CCCNC(=O)[C@@H](C#N)c2nnc(-c3ccccc3)n2C)cc1. The first-order chi connectivity index (χ1) is 14.1. The predicted octanol–water partition coefficient (Wildman–Crippen LogP) is 2.85. The number of nitrogens with zero attached hydrogens (tertiary/aromatic N) is 4. The number of carbonyl (C=O) groups excluding carboxylic acids is 1. The van der Waals surface area contributed by atoms with Crippen molar-refractivity contribution in [3.05, 3.63) is 66.0 Å². The summed E-state index contributed by atoms with van der Waals surface area (Å²) in [6, 6.07) is 19.4. The maximum absolute atomic E-state index is 12.5. The monoisotopic (exact) mass is 389 g/mol. The number of nitrogens with one attached hydrogen (secondary N) is 1. The van der Waals surface area contributed by atoms with Gasteiger partial charge in [0.1, 0.15) is 5.75 Å². The fraction of sp³-hybridized carbons (Fsp3) is 0.273. The van der Waals surface area contributed by atoms with Gasteiger partial charge >= 0.3 is 0 Å². The number of hydrogen-bond acceptors (Lipinski definition) is 5. The number of methoxy groups -OCH3 is 1. The van der Waals surface area contributed by atoms with Crippen LogP contribution in [0, 0.1) is 11.3 Å². The molecule has 1 N–H and O–H groups in total. The fourth-order valence-corrected chi connectivity index (χ4v) is 3.06. The average molecular weight is 389 g/mol. The Labute approximate surface area is 170 Å². The van der Waals surface area contributed by atoms with Crippen LogP contribution < -0.4 is 10.1 Å². The molecule has 1 amide bonds. The Balaban J connectivity index is 1.58. The van der Waals surface area contributed by atoms with Gasteiger partial charge in [0, 0.05) is 19.2 Å². The first-order valence-corrected chi connectivity index (χ1v) is 9.39. The molecule has 0 spiro atoms. The zero-order valence-corrected chi connectivity index (χ0v) is 16.5. The molecule has 0 aliphatic carbocycles. The van der Waals surface area contributed by atoms with E-state index in [1.54, 1.807) is 18.7 Å². The number of aryl methyl sites for hydroxylation is 1. The third-order valence-electron chi connectivity index (χ3n) is 4.69. The van der Waals surface area contributed by atoms with Gasteiger partial charge in [-0.25, -0.2) is 0 Å². The number of benzene rings is 2. The van der Waals surface area contributed by atoms with E-state index in [1.165, 1.54) is 0 Å². The van der Waals surface area contributed by atoms with Crippen molar-refractivity contribution >= 4 is 5.91 Å². The molecule has 148 valence electrons. The number of rotatable bonds is 8. The Morgan fingerprint density at radius 1 is 1.17 bits per heavy atom. The lowest BCUT2D eigenvalue weighted by atomic mass is 10.1. The predicted molar refractivity (Wildman–Crippen MR) is 109 cm³/mol. The van der Waals surface area contributed by atoms with Crippen LogP contribution in [0.3, 0.4) is 0 Å². The highest BCUT2D eigenvalue weighted by Crippen LogP contribution is 2.21. The summed E-state index contributed by atoms with van der Waals surface area (Å²) in [4.78, 5) is 12.5. The van der Waals surface area contributed by atoms with E-state index in [2.05, 4.69) is 15.5 Å². The van der Waals surface area contributed by atoms with Crippen LogP contribution in [0.15, 0.2) is 54.6 Å². The van der Waals surface area contributed by atoms with E-state index in [9.17, 15) is 10.1 Å². The quantitative estimate of drug-likeness (QED) is 0.598. The highest BCUT2D eigenvalue weighted by molar-refractivity contribution is 5.85. The molecule has 7 heteroatoms. The van der Waals surface area contributed by atoms with E-state index in [1.807, 2.05) is 60.7 Å². The second-order valence-corrected chi connectivity index (χ2v) is 6.61. The third-order valence-corrected chi connectivity index (χ3v) is 4.69. The molecular formula is C22H23N5O2. The van der Waals surface area contributed by atoms with Gasteiger partial charge in [0.25, 0.3) is 0 Å². The summed E-state index contributed by atoms with van der Waals surface area (Å²) in [5, 5.41) is 20.6. The normalized spacial score (nSPS) is 11.5. The summed E-state index contributed by atoms with van der Waals surface area (Å²) in [7, 11) is 3.40. The van der Waals surface area contributed by atoms with Crippen molar-refractivity contribution in [2.24, 2.45) is 7.05 Å². The van der Waals surface area contributed by atoms with Gasteiger partial charge in [-0.05, 0) is 30.5 Å². The minimum Gasteiger partial charge on any atom is -0.497 e. The van der Waals surface area contributed by atoms with Crippen molar-refractivity contribution in [1.29, 1.82) is 5.26 Å². The van der Waals surface area contributed by atoms with Crippen LogP contribution in [0.5, 0.6) is 5.75 Å². The van der Waals surface area contributed by atoms with Crippen LogP contribution >= 0.6 is 0 Å². The molecule has 0 saturated heterocycles. The lowest BCUT2D eigenvalue weighted by Gasteiger charge is -2.11. The van der Waals surface area contributed by atoms with Gasteiger partial charge in [0.2, 0.25) is 5.91 Å². The summed E-state index contributed by atoms with van der Waals surface area (Å²) in [6.07, 6.45) is 1.59. The minimum atomic E-state index is -1.01. The molecule has 7 nitrogen and oxygen atoms in total. The number of nitriles is 1. The molecule has 0 saturated carbocycles. The summed E-state index contributed by atoms with van der Waals surface area (Å²) in [6.45, 7) is 0.479. The molecule has 0 bridgehead atoms. The highest BCUT2D eigenvalue weighted by Gasteiger charge is 2.26. The molecule has 1 aromatic heterocycles. The maximum atomic E-state index is 12.5. The minimum absolute atomic E-state index is 0.332. The van der Waals surface area contributed by atoms with Crippen LogP contribution in [0.2, 0.25) is 0 Å². The van der Waals surface area contributed by atoms with Gasteiger partial charge in [0.05, 0.1) is 13.2 Å². The van der Waals surface area contributed by atoms with Crippen molar-refractivity contribution in [3.8, 4) is 23.2 Å². The first-order valence-electron chi connectivity index (χ1n) is 9.39. The van der Waals surface area contributed by atoms with Crippen LogP contribution in [-0.2, 0) is 18.3 Å². The Morgan fingerprint density at radius 2 is 1.90 bits per heavy atom. The van der Waals surface area contributed by atoms with E-state index >= 15 is 0 Å². The molecule has 0 radical (unpaired) electrons.